The molecule has 6 nitrogen and oxygen atoms in total. The fraction of sp³-hybridized carbons (Fsp3) is 0.846. The molecule has 0 spiro atoms. The summed E-state index contributed by atoms with van der Waals surface area (Å²) in [5, 5.41) is 14.6. The molecule has 0 aromatic carbocycles. The van der Waals surface area contributed by atoms with E-state index >= 15 is 0 Å². The van der Waals surface area contributed by atoms with Crippen LogP contribution in [0.1, 0.15) is 39.5 Å². The highest BCUT2D eigenvalue weighted by molar-refractivity contribution is 5.74. The number of carbonyl (C=O) groups excluding carboxylic acids is 1. The lowest BCUT2D eigenvalue weighted by molar-refractivity contribution is -0.142. The second-order valence-corrected chi connectivity index (χ2v) is 5.23. The summed E-state index contributed by atoms with van der Waals surface area (Å²) in [4.78, 5) is 22.6. The Balaban J connectivity index is 2.29. The van der Waals surface area contributed by atoms with Crippen molar-refractivity contribution in [3.05, 3.63) is 0 Å². The maximum atomic E-state index is 11.8. The molecule has 0 aliphatic heterocycles. The van der Waals surface area contributed by atoms with Gasteiger partial charge in [-0.3, -0.25) is 4.79 Å². The topological polar surface area (TPSA) is 87.7 Å². The molecule has 0 bridgehead atoms. The van der Waals surface area contributed by atoms with Crippen LogP contribution in [0.25, 0.3) is 0 Å². The van der Waals surface area contributed by atoms with Crippen molar-refractivity contribution >= 4 is 12.0 Å². The van der Waals surface area contributed by atoms with Crippen LogP contribution in [-0.2, 0) is 9.53 Å². The van der Waals surface area contributed by atoms with Crippen molar-refractivity contribution in [1.82, 2.24) is 10.6 Å². The van der Waals surface area contributed by atoms with E-state index in [0.29, 0.717) is 12.8 Å². The first-order valence-electron chi connectivity index (χ1n) is 6.76. The van der Waals surface area contributed by atoms with Crippen LogP contribution in [0.4, 0.5) is 4.79 Å². The molecule has 3 N–H and O–H groups in total. The van der Waals surface area contributed by atoms with Crippen LogP contribution >= 0.6 is 0 Å². The highest BCUT2D eigenvalue weighted by atomic mass is 16.5. The summed E-state index contributed by atoms with van der Waals surface area (Å²) in [6, 6.07) is -0.212. The van der Waals surface area contributed by atoms with Gasteiger partial charge in [-0.05, 0) is 39.5 Å². The van der Waals surface area contributed by atoms with Crippen LogP contribution in [0.5, 0.6) is 0 Å². The Kier molecular flexibility index (Phi) is 6.08. The SMILES string of the molecule is COC(C)[C@@H](C)NC(=O)NC1CCC(C(=O)O)CC1. The quantitative estimate of drug-likeness (QED) is 0.705. The summed E-state index contributed by atoms with van der Waals surface area (Å²) >= 11 is 0. The molecule has 0 aromatic rings. The van der Waals surface area contributed by atoms with Gasteiger partial charge in [0.1, 0.15) is 0 Å². The first kappa shape index (κ1) is 15.8. The number of rotatable bonds is 5. The van der Waals surface area contributed by atoms with Gasteiger partial charge >= 0.3 is 12.0 Å². The largest absolute Gasteiger partial charge is 0.481 e. The van der Waals surface area contributed by atoms with Crippen LogP contribution in [0.15, 0.2) is 0 Å². The van der Waals surface area contributed by atoms with E-state index in [9.17, 15) is 9.59 Å². The Morgan fingerprint density at radius 2 is 1.79 bits per heavy atom. The van der Waals surface area contributed by atoms with E-state index in [4.69, 9.17) is 9.84 Å². The number of methoxy groups -OCH3 is 1. The number of carboxylic acid groups (broad SMARTS) is 1. The zero-order valence-electron chi connectivity index (χ0n) is 11.8. The fourth-order valence-corrected chi connectivity index (χ4v) is 2.24. The molecule has 0 radical (unpaired) electrons. The van der Waals surface area contributed by atoms with Crippen LogP contribution < -0.4 is 10.6 Å². The number of hydrogen-bond donors (Lipinski definition) is 3. The molecule has 0 saturated heterocycles. The van der Waals surface area contributed by atoms with Gasteiger partial charge in [-0.2, -0.15) is 0 Å². The average Bonchev–Trinajstić information content (AvgIpc) is 2.38. The summed E-state index contributed by atoms with van der Waals surface area (Å²) in [7, 11) is 1.61. The van der Waals surface area contributed by atoms with Crippen LogP contribution in [-0.4, -0.2) is 42.4 Å². The van der Waals surface area contributed by atoms with E-state index in [1.807, 2.05) is 13.8 Å². The molecule has 2 atom stereocenters. The Hall–Kier alpha value is -1.30. The van der Waals surface area contributed by atoms with Crippen molar-refractivity contribution in [2.24, 2.45) is 5.92 Å². The second-order valence-electron chi connectivity index (χ2n) is 5.23. The van der Waals surface area contributed by atoms with Crippen molar-refractivity contribution in [3.8, 4) is 0 Å². The molecule has 0 aromatic heterocycles. The Morgan fingerprint density at radius 1 is 1.21 bits per heavy atom. The van der Waals surface area contributed by atoms with Crippen molar-refractivity contribution in [2.75, 3.05) is 7.11 Å². The lowest BCUT2D eigenvalue weighted by Gasteiger charge is -2.28. The van der Waals surface area contributed by atoms with Crippen LogP contribution in [0, 0.1) is 5.92 Å². The smallest absolute Gasteiger partial charge is 0.315 e. The number of carboxylic acids is 1. The molecule has 2 amide bonds. The van der Waals surface area contributed by atoms with E-state index in [-0.39, 0.29) is 30.1 Å². The zero-order valence-corrected chi connectivity index (χ0v) is 11.8. The lowest BCUT2D eigenvalue weighted by atomic mass is 9.86. The summed E-state index contributed by atoms with van der Waals surface area (Å²) in [6.45, 7) is 3.78. The summed E-state index contributed by atoms with van der Waals surface area (Å²) < 4.78 is 5.14. The van der Waals surface area contributed by atoms with Gasteiger partial charge in [-0.1, -0.05) is 0 Å². The normalized spacial score (nSPS) is 26.3. The van der Waals surface area contributed by atoms with E-state index in [1.165, 1.54) is 0 Å². The molecule has 110 valence electrons. The number of nitrogens with one attached hydrogen (secondary N) is 2. The molecule has 6 heteroatoms. The predicted octanol–water partition coefficient (Wildman–Crippen LogP) is 1.35. The minimum Gasteiger partial charge on any atom is -0.481 e. The van der Waals surface area contributed by atoms with Gasteiger partial charge in [0.15, 0.2) is 0 Å². The van der Waals surface area contributed by atoms with Crippen LogP contribution in [0.2, 0.25) is 0 Å². The van der Waals surface area contributed by atoms with Gasteiger partial charge < -0.3 is 20.5 Å². The van der Waals surface area contributed by atoms with Crippen molar-refractivity contribution < 1.29 is 19.4 Å². The molecular weight excluding hydrogens is 248 g/mol. The average molecular weight is 272 g/mol. The monoisotopic (exact) mass is 272 g/mol. The van der Waals surface area contributed by atoms with Gasteiger partial charge in [0.05, 0.1) is 18.1 Å². The summed E-state index contributed by atoms with van der Waals surface area (Å²) in [5.74, 6) is -0.987. The van der Waals surface area contributed by atoms with Crippen molar-refractivity contribution in [2.45, 2.75) is 57.7 Å². The van der Waals surface area contributed by atoms with Crippen LogP contribution in [0.3, 0.4) is 0 Å². The van der Waals surface area contributed by atoms with Gasteiger partial charge in [0.25, 0.3) is 0 Å². The molecular formula is C13H24N2O4. The maximum Gasteiger partial charge on any atom is 0.315 e. The maximum absolute atomic E-state index is 11.8. The van der Waals surface area contributed by atoms with Gasteiger partial charge in [-0.25, -0.2) is 4.79 Å². The first-order chi connectivity index (χ1) is 8.93. The molecule has 1 aliphatic carbocycles. The van der Waals surface area contributed by atoms with Gasteiger partial charge in [-0.15, -0.1) is 0 Å². The Morgan fingerprint density at radius 3 is 2.26 bits per heavy atom. The molecule has 19 heavy (non-hydrogen) atoms. The van der Waals surface area contributed by atoms with E-state index in [0.717, 1.165) is 12.8 Å². The third-order valence-corrected chi connectivity index (χ3v) is 3.85. The number of amides is 2. The third kappa shape index (κ3) is 5.06. The Bertz CT molecular complexity index is 314. The highest BCUT2D eigenvalue weighted by Gasteiger charge is 2.27. The van der Waals surface area contributed by atoms with E-state index in [2.05, 4.69) is 10.6 Å². The first-order valence-corrected chi connectivity index (χ1v) is 6.76. The van der Waals surface area contributed by atoms with E-state index < -0.39 is 5.97 Å². The molecule has 1 unspecified atom stereocenters. The molecule has 1 aliphatic rings. The number of carbonyl (C=O) groups is 2. The number of hydrogen-bond acceptors (Lipinski definition) is 3. The zero-order chi connectivity index (χ0) is 14.4. The second kappa shape index (κ2) is 7.33. The standard InChI is InChI=1S/C13H24N2O4/c1-8(9(2)19-3)14-13(18)15-11-6-4-10(5-7-11)12(16)17/h8-11H,4-7H2,1-3H3,(H,16,17)(H2,14,15,18)/t8-,9?,10?,11?/m1/s1. The predicted molar refractivity (Wildman–Crippen MR) is 71.0 cm³/mol. The Labute approximate surface area is 113 Å². The molecule has 1 saturated carbocycles. The summed E-state index contributed by atoms with van der Waals surface area (Å²) in [6.07, 6.45) is 2.65. The minimum atomic E-state index is -0.731. The number of aliphatic carboxylic acids is 1. The minimum absolute atomic E-state index is 0.0477. The van der Waals surface area contributed by atoms with Gasteiger partial charge in [0, 0.05) is 13.2 Å². The summed E-state index contributed by atoms with van der Waals surface area (Å²) in [5.41, 5.74) is 0. The highest BCUT2D eigenvalue weighted by Crippen LogP contribution is 2.24. The number of ether oxygens (including phenoxy) is 1. The van der Waals surface area contributed by atoms with Crippen molar-refractivity contribution in [1.29, 1.82) is 0 Å². The fourth-order valence-electron chi connectivity index (χ4n) is 2.24. The third-order valence-electron chi connectivity index (χ3n) is 3.85. The van der Waals surface area contributed by atoms with Crippen molar-refractivity contribution in [3.63, 3.8) is 0 Å². The number of urea groups is 1. The molecule has 0 heterocycles. The molecule has 1 fully saturated rings. The van der Waals surface area contributed by atoms with E-state index in [1.54, 1.807) is 7.11 Å². The molecule has 1 rings (SSSR count). The lowest BCUT2D eigenvalue weighted by Crippen LogP contribution is -2.49. The van der Waals surface area contributed by atoms with Gasteiger partial charge in [0.2, 0.25) is 0 Å².